The number of ether oxygens (including phenoxy) is 1. The first-order valence-corrected chi connectivity index (χ1v) is 24.5. The van der Waals surface area contributed by atoms with Crippen LogP contribution < -0.4 is 13.9 Å². The third-order valence-electron chi connectivity index (χ3n) is 14.9. The highest BCUT2D eigenvalue weighted by Gasteiger charge is 2.78. The van der Waals surface area contributed by atoms with Crippen LogP contribution in [0.4, 0.5) is 22.7 Å². The Morgan fingerprint density at radius 3 is 1.84 bits per heavy atom. The molecule has 2 aromatic heterocycles. The van der Waals surface area contributed by atoms with E-state index in [1.807, 2.05) is 6.20 Å². The average molecular weight is 892 g/mol. The van der Waals surface area contributed by atoms with E-state index < -0.39 is 0 Å². The molecule has 4 heterocycles. The highest BCUT2D eigenvalue weighted by molar-refractivity contribution is 6.09. The minimum Gasteiger partial charge on any atom is -0.457 e. The molecule has 2 atom stereocenters. The Kier molecular flexibility index (Phi) is 10.2. The first-order chi connectivity index (χ1) is 32.6. The van der Waals surface area contributed by atoms with Crippen molar-refractivity contribution in [3.63, 3.8) is 0 Å². The molecule has 0 N–H and O–H groups in total. The summed E-state index contributed by atoms with van der Waals surface area (Å²) in [6.07, 6.45) is 1.94. The van der Waals surface area contributed by atoms with Gasteiger partial charge in [0.1, 0.15) is 17.3 Å². The van der Waals surface area contributed by atoms with Crippen molar-refractivity contribution in [1.29, 1.82) is 0 Å². The van der Waals surface area contributed by atoms with Crippen molar-refractivity contribution in [2.75, 3.05) is 0 Å². The van der Waals surface area contributed by atoms with Gasteiger partial charge in [-0.3, -0.25) is 4.57 Å². The van der Waals surface area contributed by atoms with Crippen molar-refractivity contribution in [3.05, 3.63) is 198 Å². The lowest BCUT2D eigenvalue weighted by Crippen LogP contribution is -2.46. The molecule has 0 aliphatic carbocycles. The van der Waals surface area contributed by atoms with Crippen molar-refractivity contribution in [3.8, 4) is 39.6 Å². The topological polar surface area (TPSA) is 27.1 Å². The Labute approximate surface area is 403 Å². The fraction of sp³-hybridized carbons (Fsp3) is 0.238. The van der Waals surface area contributed by atoms with E-state index in [9.17, 15) is 0 Å². The zero-order valence-corrected chi connectivity index (χ0v) is 41.5. The first kappa shape index (κ1) is 43.8. The van der Waals surface area contributed by atoms with Crippen molar-refractivity contribution in [2.24, 2.45) is 0 Å². The normalized spacial score (nSPS) is 17.5. The number of aryl methyl sites for hydroxylation is 2. The summed E-state index contributed by atoms with van der Waals surface area (Å²) in [4.78, 5) is 4.95. The van der Waals surface area contributed by atoms with E-state index in [1.165, 1.54) is 67.0 Å². The molecule has 0 saturated carbocycles. The summed E-state index contributed by atoms with van der Waals surface area (Å²) in [5.41, 5.74) is 20.2. The van der Waals surface area contributed by atoms with Crippen LogP contribution >= 0.6 is 0 Å². The van der Waals surface area contributed by atoms with E-state index in [0.29, 0.717) is 26.9 Å². The van der Waals surface area contributed by atoms with E-state index in [0.717, 1.165) is 50.6 Å². The summed E-state index contributed by atoms with van der Waals surface area (Å²) in [6, 6.07) is 56.3. The van der Waals surface area contributed by atoms with Crippen LogP contribution in [0.15, 0.2) is 158 Å². The smallest absolute Gasteiger partial charge is 0.225 e. The fourth-order valence-electron chi connectivity index (χ4n) is 10.9. The molecule has 7 aromatic carbocycles. The molecule has 68 heavy (non-hydrogen) atoms. The Morgan fingerprint density at radius 2 is 1.16 bits per heavy atom. The van der Waals surface area contributed by atoms with Crippen LogP contribution in [-0.4, -0.2) is 9.55 Å². The summed E-state index contributed by atoms with van der Waals surface area (Å²) in [7, 11) is 0. The van der Waals surface area contributed by atoms with Gasteiger partial charge in [0, 0.05) is 59.4 Å². The molecule has 0 radical (unpaired) electrons. The van der Waals surface area contributed by atoms with E-state index in [2.05, 4.69) is 239 Å². The number of nitrogens with zero attached hydrogens (tertiary/aromatic N) is 4. The van der Waals surface area contributed by atoms with E-state index in [1.54, 1.807) is 0 Å². The number of para-hydroxylation sites is 1. The molecular formula is C63H63N4O+. The molecule has 340 valence electrons. The number of quaternary nitrogens is 2. The van der Waals surface area contributed by atoms with Crippen molar-refractivity contribution >= 4 is 44.6 Å². The second-order valence-electron chi connectivity index (χ2n) is 21.4. The van der Waals surface area contributed by atoms with Crippen LogP contribution in [0.1, 0.15) is 113 Å². The minimum atomic E-state index is -0.0189. The van der Waals surface area contributed by atoms with Crippen molar-refractivity contribution < 1.29 is 4.74 Å². The van der Waals surface area contributed by atoms with Gasteiger partial charge in [-0.15, -0.1) is 0 Å². The quantitative estimate of drug-likeness (QED) is 0.0777. The van der Waals surface area contributed by atoms with Crippen LogP contribution in [-0.2, 0) is 5.41 Å². The molecule has 1 saturated heterocycles. The largest absolute Gasteiger partial charge is 0.457 e. The number of hydrogen-bond donors (Lipinski definition) is 0. The van der Waals surface area contributed by atoms with Crippen molar-refractivity contribution in [2.45, 2.75) is 99.3 Å². The summed E-state index contributed by atoms with van der Waals surface area (Å²) in [5, 5.41) is 2.35. The van der Waals surface area contributed by atoms with E-state index in [-0.39, 0.29) is 5.41 Å². The molecule has 11 rings (SSSR count). The molecule has 0 spiro atoms. The van der Waals surface area contributed by atoms with Gasteiger partial charge in [-0.25, -0.2) is 4.98 Å². The average Bonchev–Trinajstić information content (AvgIpc) is 3.84. The molecule has 9 aromatic rings. The molecule has 5 heteroatoms. The number of rotatable bonds is 10. The molecule has 1 unspecified atom stereocenters. The van der Waals surface area contributed by atoms with E-state index >= 15 is 0 Å². The van der Waals surface area contributed by atoms with Gasteiger partial charge in [0.25, 0.3) is 0 Å². The molecule has 2 aliphatic heterocycles. The molecular weight excluding hydrogens is 829 g/mol. The fourth-order valence-corrected chi connectivity index (χ4v) is 10.9. The second-order valence-corrected chi connectivity index (χ2v) is 21.4. The molecule has 1 fully saturated rings. The molecule has 0 amide bonds. The highest BCUT2D eigenvalue weighted by Crippen LogP contribution is 2.76. The van der Waals surface area contributed by atoms with Gasteiger partial charge in [0.15, 0.2) is 18.0 Å². The van der Waals surface area contributed by atoms with Gasteiger partial charge < -0.3 is 4.74 Å². The lowest BCUT2D eigenvalue weighted by molar-refractivity contribution is 0.423. The van der Waals surface area contributed by atoms with Gasteiger partial charge in [-0.2, -0.15) is 9.18 Å². The van der Waals surface area contributed by atoms with Crippen LogP contribution in [0, 0.1) is 20.5 Å². The third-order valence-corrected chi connectivity index (χ3v) is 14.9. The number of benzene rings is 7. The Morgan fingerprint density at radius 1 is 0.529 bits per heavy atom. The Balaban J connectivity index is 1.07. The minimum absolute atomic E-state index is 0.0189. The molecule has 2 aliphatic rings. The summed E-state index contributed by atoms with van der Waals surface area (Å²) >= 11 is 0. The maximum absolute atomic E-state index is 7.12. The Hall–Kier alpha value is -6.79. The highest BCUT2D eigenvalue weighted by atomic mass is 16.5. The third kappa shape index (κ3) is 6.77. The molecule has 0 bridgehead atoms. The number of fused-ring (bicyclic) bond motifs is 7. The number of aromatic nitrogens is 2. The van der Waals surface area contributed by atoms with Crippen LogP contribution in [0.25, 0.3) is 49.9 Å². The SMILES string of the molecule is Cc1cc2c(cc1C)[N@@+]1(c3cccc(-c4c(C(C)C)cc(C(C)C)cc4C(C)C)c3)[CH-][N+]21c1cc(Oc2ccc3c4ccccc4n(-c4cc(C(C)(C)C)ccn4)c3c2)cc(-c2ccccc2)c1. The van der Waals surface area contributed by atoms with Crippen LogP contribution in [0.3, 0.4) is 0 Å². The predicted molar refractivity (Wildman–Crippen MR) is 286 cm³/mol. The summed E-state index contributed by atoms with van der Waals surface area (Å²) in [5.74, 6) is 3.69. The second kappa shape index (κ2) is 15.9. The Bertz CT molecular complexity index is 3430. The van der Waals surface area contributed by atoms with Crippen LogP contribution in [0.5, 0.6) is 11.5 Å². The first-order valence-electron chi connectivity index (χ1n) is 24.5. The standard InChI is InChI=1S/C63H63N4O/c1-39(2)46-33-55(40(3)4)62(56(34-46)41(5)6)45-20-17-21-49(30-45)66-38-67(66,60-29-43(8)42(7)28-59(60)66)50-31-47(44-18-13-12-14-19-44)32-52(36-50)68-51-24-25-54-53-22-15-16-23-57(53)65(58(54)37-51)61-35-48(26-27-64-61)63(9,10)11/h12-41H,1-11H3/q+1/t66-,67?/m0/s1. The van der Waals surface area contributed by atoms with Gasteiger partial charge >= 0.3 is 0 Å². The van der Waals surface area contributed by atoms with Gasteiger partial charge in [0.05, 0.1) is 11.0 Å². The summed E-state index contributed by atoms with van der Waals surface area (Å²) in [6.45, 7) is 27.7. The van der Waals surface area contributed by atoms with Gasteiger partial charge in [0.2, 0.25) is 11.4 Å². The molecule has 5 nitrogen and oxygen atoms in total. The zero-order valence-electron chi connectivity index (χ0n) is 41.5. The lowest BCUT2D eigenvalue weighted by Gasteiger charge is -2.40. The summed E-state index contributed by atoms with van der Waals surface area (Å²) < 4.78 is 10.6. The van der Waals surface area contributed by atoms with Crippen LogP contribution in [0.2, 0.25) is 0 Å². The number of hydrogen-bond acceptors (Lipinski definition) is 2. The predicted octanol–water partition coefficient (Wildman–Crippen LogP) is 17.9. The lowest BCUT2D eigenvalue weighted by atomic mass is 9.81. The van der Waals surface area contributed by atoms with E-state index in [4.69, 9.17) is 9.72 Å². The monoisotopic (exact) mass is 891 g/mol. The maximum atomic E-state index is 7.12. The van der Waals surface area contributed by atoms with Crippen molar-refractivity contribution in [1.82, 2.24) is 18.7 Å². The van der Waals surface area contributed by atoms with Gasteiger partial charge in [-0.1, -0.05) is 135 Å². The van der Waals surface area contributed by atoms with Gasteiger partial charge in [-0.05, 0) is 129 Å². The number of pyridine rings is 1. The maximum Gasteiger partial charge on any atom is 0.225 e. The zero-order chi connectivity index (χ0) is 47.4.